The zero-order valence-electron chi connectivity index (χ0n) is 10.2. The number of anilines is 2. The van der Waals surface area contributed by atoms with Gasteiger partial charge >= 0.3 is 6.18 Å². The Balaban J connectivity index is 2.38. The molecule has 0 heterocycles. The molecule has 0 spiro atoms. The first kappa shape index (κ1) is 14.3. The summed E-state index contributed by atoms with van der Waals surface area (Å²) in [6, 6.07) is 12.7. The van der Waals surface area contributed by atoms with E-state index in [1.54, 1.807) is 12.1 Å². The molecule has 0 unspecified atom stereocenters. The Bertz CT molecular complexity index is 624. The number of alkyl halides is 3. The van der Waals surface area contributed by atoms with Crippen LogP contribution in [0.15, 0.2) is 48.5 Å². The summed E-state index contributed by atoms with van der Waals surface area (Å²) >= 11 is 4.69. The quantitative estimate of drug-likeness (QED) is 0.838. The third-order valence-electron chi connectivity index (χ3n) is 2.65. The average Bonchev–Trinajstić information content (AvgIpc) is 2.38. The largest absolute Gasteiger partial charge is 0.417 e. The first-order valence-corrected chi connectivity index (χ1v) is 6.12. The SMILES string of the molecule is NC(=S)c1cc(Nc2ccccc2)ccc1C(F)(F)F. The van der Waals surface area contributed by atoms with Crippen LogP contribution in [0.25, 0.3) is 0 Å². The van der Waals surface area contributed by atoms with Crippen molar-refractivity contribution in [3.05, 3.63) is 59.7 Å². The fourth-order valence-corrected chi connectivity index (χ4v) is 1.93. The predicted octanol–water partition coefficient (Wildman–Crippen LogP) is 4.08. The molecule has 0 aliphatic heterocycles. The maximum absolute atomic E-state index is 12.8. The summed E-state index contributed by atoms with van der Waals surface area (Å²) in [6.07, 6.45) is -4.48. The second-order valence-corrected chi connectivity index (χ2v) is 4.55. The van der Waals surface area contributed by atoms with Gasteiger partial charge in [0, 0.05) is 16.9 Å². The zero-order chi connectivity index (χ0) is 14.8. The van der Waals surface area contributed by atoms with Crippen LogP contribution < -0.4 is 11.1 Å². The second-order valence-electron chi connectivity index (χ2n) is 4.11. The molecular formula is C14H11F3N2S. The van der Waals surface area contributed by atoms with Crippen LogP contribution in [-0.2, 0) is 6.18 Å². The highest BCUT2D eigenvalue weighted by molar-refractivity contribution is 7.80. The van der Waals surface area contributed by atoms with Gasteiger partial charge in [-0.15, -0.1) is 0 Å². The molecule has 2 rings (SSSR count). The Morgan fingerprint density at radius 2 is 1.65 bits per heavy atom. The maximum atomic E-state index is 12.8. The van der Waals surface area contributed by atoms with Crippen LogP contribution >= 0.6 is 12.2 Å². The van der Waals surface area contributed by atoms with Crippen LogP contribution in [0.4, 0.5) is 24.5 Å². The van der Waals surface area contributed by atoms with E-state index < -0.39 is 11.7 Å². The molecule has 6 heteroatoms. The average molecular weight is 296 g/mol. The summed E-state index contributed by atoms with van der Waals surface area (Å²) in [7, 11) is 0. The number of hydrogen-bond acceptors (Lipinski definition) is 2. The lowest BCUT2D eigenvalue weighted by atomic mass is 10.1. The molecule has 2 nitrogen and oxygen atoms in total. The van der Waals surface area contributed by atoms with E-state index in [4.69, 9.17) is 18.0 Å². The molecule has 0 aromatic heterocycles. The monoisotopic (exact) mass is 296 g/mol. The number of para-hydroxylation sites is 1. The molecule has 0 amide bonds. The van der Waals surface area contributed by atoms with Crippen LogP contribution in [0.3, 0.4) is 0 Å². The van der Waals surface area contributed by atoms with E-state index in [1.165, 1.54) is 12.1 Å². The maximum Gasteiger partial charge on any atom is 0.417 e. The minimum Gasteiger partial charge on any atom is -0.389 e. The number of thiocarbonyl (C=S) groups is 1. The lowest BCUT2D eigenvalue weighted by Gasteiger charge is -2.14. The van der Waals surface area contributed by atoms with Gasteiger partial charge in [0.1, 0.15) is 4.99 Å². The minimum atomic E-state index is -4.48. The molecular weight excluding hydrogens is 285 g/mol. The summed E-state index contributed by atoms with van der Waals surface area (Å²) in [6.45, 7) is 0. The van der Waals surface area contributed by atoms with Gasteiger partial charge in [-0.2, -0.15) is 13.2 Å². The van der Waals surface area contributed by atoms with Crippen LogP contribution in [0.1, 0.15) is 11.1 Å². The molecule has 0 saturated heterocycles. The fraction of sp³-hybridized carbons (Fsp3) is 0.0714. The summed E-state index contributed by atoms with van der Waals surface area (Å²) in [4.78, 5) is -0.283. The summed E-state index contributed by atoms with van der Waals surface area (Å²) in [5.41, 5.74) is 5.62. The summed E-state index contributed by atoms with van der Waals surface area (Å²) in [5, 5.41) is 3.00. The molecule has 20 heavy (non-hydrogen) atoms. The topological polar surface area (TPSA) is 38.0 Å². The number of hydrogen-bond donors (Lipinski definition) is 2. The number of rotatable bonds is 3. The van der Waals surface area contributed by atoms with Crippen molar-refractivity contribution in [2.75, 3.05) is 5.32 Å². The van der Waals surface area contributed by atoms with Crippen LogP contribution in [-0.4, -0.2) is 4.99 Å². The van der Waals surface area contributed by atoms with Gasteiger partial charge in [0.05, 0.1) is 5.56 Å². The number of nitrogens with one attached hydrogen (secondary N) is 1. The second kappa shape index (κ2) is 5.50. The highest BCUT2D eigenvalue weighted by atomic mass is 32.1. The third kappa shape index (κ3) is 3.27. The Morgan fingerprint density at radius 1 is 1.00 bits per heavy atom. The van der Waals surface area contributed by atoms with Crippen LogP contribution in [0.5, 0.6) is 0 Å². The molecule has 0 aliphatic carbocycles. The third-order valence-corrected chi connectivity index (χ3v) is 2.87. The smallest absolute Gasteiger partial charge is 0.389 e. The van der Waals surface area contributed by atoms with Gasteiger partial charge in [-0.1, -0.05) is 30.4 Å². The fourth-order valence-electron chi connectivity index (χ4n) is 1.76. The van der Waals surface area contributed by atoms with Gasteiger partial charge in [-0.3, -0.25) is 0 Å². The van der Waals surface area contributed by atoms with Crippen molar-refractivity contribution in [2.45, 2.75) is 6.18 Å². The normalized spacial score (nSPS) is 11.2. The van der Waals surface area contributed by atoms with E-state index in [9.17, 15) is 13.2 Å². The molecule has 0 bridgehead atoms. The summed E-state index contributed by atoms with van der Waals surface area (Å²) in [5.74, 6) is 0. The molecule has 104 valence electrons. The van der Waals surface area contributed by atoms with Crippen molar-refractivity contribution < 1.29 is 13.2 Å². The van der Waals surface area contributed by atoms with Gasteiger partial charge < -0.3 is 11.1 Å². The van der Waals surface area contributed by atoms with Crippen molar-refractivity contribution in [3.63, 3.8) is 0 Å². The standard InChI is InChI=1S/C14H11F3N2S/c15-14(16,17)12-7-6-10(8-11(12)13(18)20)19-9-4-2-1-3-5-9/h1-8,19H,(H2,18,20). The number of nitrogens with two attached hydrogens (primary N) is 1. The lowest BCUT2D eigenvalue weighted by Crippen LogP contribution is -2.18. The first-order chi connectivity index (χ1) is 9.38. The molecule has 0 radical (unpaired) electrons. The van der Waals surface area contributed by atoms with Gasteiger partial charge in [0.25, 0.3) is 0 Å². The van der Waals surface area contributed by atoms with Gasteiger partial charge in [0.15, 0.2) is 0 Å². The van der Waals surface area contributed by atoms with E-state index in [0.29, 0.717) is 5.69 Å². The highest BCUT2D eigenvalue weighted by Crippen LogP contribution is 2.33. The number of benzene rings is 2. The van der Waals surface area contributed by atoms with Gasteiger partial charge in [-0.05, 0) is 30.3 Å². The van der Waals surface area contributed by atoms with Gasteiger partial charge in [-0.25, -0.2) is 0 Å². The molecule has 2 aromatic rings. The van der Waals surface area contributed by atoms with Crippen molar-refractivity contribution in [3.8, 4) is 0 Å². The number of halogens is 3. The summed E-state index contributed by atoms with van der Waals surface area (Å²) < 4.78 is 38.5. The van der Waals surface area contributed by atoms with E-state index in [1.807, 2.05) is 18.2 Å². The zero-order valence-corrected chi connectivity index (χ0v) is 11.1. The van der Waals surface area contributed by atoms with Crippen molar-refractivity contribution in [1.82, 2.24) is 0 Å². The van der Waals surface area contributed by atoms with Gasteiger partial charge in [0.2, 0.25) is 0 Å². The van der Waals surface area contributed by atoms with Crippen molar-refractivity contribution in [1.29, 1.82) is 0 Å². The molecule has 2 aromatic carbocycles. The van der Waals surface area contributed by atoms with Crippen LogP contribution in [0, 0.1) is 0 Å². The first-order valence-electron chi connectivity index (χ1n) is 5.71. The van der Waals surface area contributed by atoms with Crippen molar-refractivity contribution in [2.24, 2.45) is 5.73 Å². The lowest BCUT2D eigenvalue weighted by molar-refractivity contribution is -0.137. The molecule has 0 saturated carbocycles. The Kier molecular flexibility index (Phi) is 3.94. The molecule has 0 fully saturated rings. The Hall–Kier alpha value is -2.08. The highest BCUT2D eigenvalue weighted by Gasteiger charge is 2.34. The predicted molar refractivity (Wildman–Crippen MR) is 77.1 cm³/mol. The molecule has 3 N–H and O–H groups in total. The van der Waals surface area contributed by atoms with E-state index in [2.05, 4.69) is 5.32 Å². The van der Waals surface area contributed by atoms with E-state index >= 15 is 0 Å². The van der Waals surface area contributed by atoms with Crippen LogP contribution in [0.2, 0.25) is 0 Å². The van der Waals surface area contributed by atoms with Crippen molar-refractivity contribution >= 4 is 28.6 Å². The molecule has 0 aliphatic rings. The minimum absolute atomic E-state index is 0.187. The Labute approximate surface area is 119 Å². The van der Waals surface area contributed by atoms with E-state index in [0.717, 1.165) is 11.8 Å². The molecule has 0 atom stereocenters. The van der Waals surface area contributed by atoms with E-state index in [-0.39, 0.29) is 10.6 Å². The Morgan fingerprint density at radius 3 is 2.20 bits per heavy atom.